The van der Waals surface area contributed by atoms with Gasteiger partial charge >= 0.3 is 0 Å². The lowest BCUT2D eigenvalue weighted by Gasteiger charge is -2.09. The molecule has 1 aromatic carbocycles. The fraction of sp³-hybridized carbons (Fsp3) is 0.353. The number of benzene rings is 1. The minimum atomic E-state index is 0.583. The van der Waals surface area contributed by atoms with Gasteiger partial charge in [0.05, 0.1) is 0 Å². The highest BCUT2D eigenvalue weighted by Crippen LogP contribution is 2.17. The molecule has 2 heteroatoms. The van der Waals surface area contributed by atoms with Crippen LogP contribution in [-0.2, 0) is 13.0 Å². The second kappa shape index (κ2) is 6.37. The molecule has 2 rings (SSSR count). The standard InChI is InChI=1S/C17H22N2/c1-4-16-8-5-14(11-18-16)12-19-17-9-6-15(7-10-17)13(2)3/h5-11,13,19H,4,12H2,1-3H3. The Morgan fingerprint density at radius 1 is 1.05 bits per heavy atom. The molecule has 0 aliphatic rings. The second-order valence-corrected chi connectivity index (χ2v) is 5.14. The third-order valence-corrected chi connectivity index (χ3v) is 3.32. The van der Waals surface area contributed by atoms with Crippen LogP contribution in [0.3, 0.4) is 0 Å². The van der Waals surface area contributed by atoms with Gasteiger partial charge in [0.2, 0.25) is 0 Å². The minimum absolute atomic E-state index is 0.583. The van der Waals surface area contributed by atoms with Crippen molar-refractivity contribution in [3.05, 3.63) is 59.4 Å². The van der Waals surface area contributed by atoms with Gasteiger partial charge in [-0.15, -0.1) is 0 Å². The van der Waals surface area contributed by atoms with Gasteiger partial charge in [-0.2, -0.15) is 0 Å². The van der Waals surface area contributed by atoms with Gasteiger partial charge in [0, 0.05) is 24.1 Å². The summed E-state index contributed by atoms with van der Waals surface area (Å²) < 4.78 is 0. The highest BCUT2D eigenvalue weighted by atomic mass is 14.9. The Hall–Kier alpha value is -1.83. The fourth-order valence-corrected chi connectivity index (χ4v) is 1.96. The molecule has 100 valence electrons. The van der Waals surface area contributed by atoms with Crippen LogP contribution in [0.25, 0.3) is 0 Å². The highest BCUT2D eigenvalue weighted by Gasteiger charge is 1.99. The van der Waals surface area contributed by atoms with Crippen molar-refractivity contribution in [1.29, 1.82) is 0 Å². The van der Waals surface area contributed by atoms with Gasteiger partial charge in [-0.3, -0.25) is 4.98 Å². The molecule has 1 heterocycles. The van der Waals surface area contributed by atoms with E-state index in [9.17, 15) is 0 Å². The van der Waals surface area contributed by atoms with Crippen molar-refractivity contribution in [1.82, 2.24) is 4.98 Å². The highest BCUT2D eigenvalue weighted by molar-refractivity contribution is 5.45. The molecule has 0 fully saturated rings. The summed E-state index contributed by atoms with van der Waals surface area (Å²) in [5, 5.41) is 3.42. The van der Waals surface area contributed by atoms with Gasteiger partial charge < -0.3 is 5.32 Å². The summed E-state index contributed by atoms with van der Waals surface area (Å²) in [6.07, 6.45) is 2.94. The van der Waals surface area contributed by atoms with Crippen molar-refractivity contribution < 1.29 is 0 Å². The molecule has 0 radical (unpaired) electrons. The quantitative estimate of drug-likeness (QED) is 0.856. The first-order valence-electron chi connectivity index (χ1n) is 6.96. The zero-order valence-electron chi connectivity index (χ0n) is 12.0. The molecule has 0 unspecified atom stereocenters. The summed E-state index contributed by atoms with van der Waals surface area (Å²) in [7, 11) is 0. The number of aromatic nitrogens is 1. The van der Waals surface area contributed by atoms with Gasteiger partial charge in [-0.05, 0) is 41.7 Å². The Kier molecular flexibility index (Phi) is 4.56. The lowest BCUT2D eigenvalue weighted by molar-refractivity contribution is 0.866. The zero-order chi connectivity index (χ0) is 13.7. The monoisotopic (exact) mass is 254 g/mol. The predicted octanol–water partition coefficient (Wildman–Crippen LogP) is 4.38. The van der Waals surface area contributed by atoms with E-state index in [0.717, 1.165) is 24.3 Å². The number of aryl methyl sites for hydroxylation is 1. The first kappa shape index (κ1) is 13.6. The van der Waals surface area contributed by atoms with E-state index in [0.29, 0.717) is 5.92 Å². The summed E-state index contributed by atoms with van der Waals surface area (Å²) >= 11 is 0. The van der Waals surface area contributed by atoms with Crippen LogP contribution in [0.1, 0.15) is 43.5 Å². The van der Waals surface area contributed by atoms with Crippen LogP contribution < -0.4 is 5.32 Å². The van der Waals surface area contributed by atoms with E-state index in [1.807, 2.05) is 6.20 Å². The van der Waals surface area contributed by atoms with Crippen LogP contribution in [0.4, 0.5) is 5.69 Å². The summed E-state index contributed by atoms with van der Waals surface area (Å²) in [5.74, 6) is 0.583. The Bertz CT molecular complexity index is 498. The second-order valence-electron chi connectivity index (χ2n) is 5.14. The molecular formula is C17H22N2. The summed E-state index contributed by atoms with van der Waals surface area (Å²) in [6, 6.07) is 12.9. The number of nitrogens with one attached hydrogen (secondary N) is 1. The molecule has 0 saturated carbocycles. The molecule has 1 aromatic heterocycles. The first-order valence-corrected chi connectivity index (χ1v) is 6.96. The van der Waals surface area contributed by atoms with Crippen LogP contribution in [0.5, 0.6) is 0 Å². The smallest absolute Gasteiger partial charge is 0.0416 e. The molecule has 0 aliphatic carbocycles. The van der Waals surface area contributed by atoms with Crippen LogP contribution in [0.15, 0.2) is 42.6 Å². The fourth-order valence-electron chi connectivity index (χ4n) is 1.96. The van der Waals surface area contributed by atoms with Crippen LogP contribution in [-0.4, -0.2) is 4.98 Å². The molecule has 2 nitrogen and oxygen atoms in total. The predicted molar refractivity (Wildman–Crippen MR) is 81.5 cm³/mol. The molecular weight excluding hydrogens is 232 g/mol. The third kappa shape index (κ3) is 3.82. The number of hydrogen-bond donors (Lipinski definition) is 1. The minimum Gasteiger partial charge on any atom is -0.381 e. The molecule has 0 spiro atoms. The van der Waals surface area contributed by atoms with Gasteiger partial charge in [0.25, 0.3) is 0 Å². The lowest BCUT2D eigenvalue weighted by Crippen LogP contribution is -2.00. The van der Waals surface area contributed by atoms with Crippen LogP contribution in [0.2, 0.25) is 0 Å². The summed E-state index contributed by atoms with van der Waals surface area (Å²) in [5.41, 5.74) is 4.89. The number of rotatable bonds is 5. The van der Waals surface area contributed by atoms with Crippen molar-refractivity contribution in [2.45, 2.75) is 39.7 Å². The maximum Gasteiger partial charge on any atom is 0.0416 e. The largest absolute Gasteiger partial charge is 0.381 e. The topological polar surface area (TPSA) is 24.9 Å². The number of anilines is 1. The molecule has 0 bridgehead atoms. The maximum atomic E-state index is 4.41. The normalized spacial score (nSPS) is 10.7. The lowest BCUT2D eigenvalue weighted by atomic mass is 10.0. The zero-order valence-corrected chi connectivity index (χ0v) is 12.0. The third-order valence-electron chi connectivity index (χ3n) is 3.32. The number of nitrogens with zero attached hydrogens (tertiary/aromatic N) is 1. The van der Waals surface area contributed by atoms with Crippen molar-refractivity contribution in [3.8, 4) is 0 Å². The maximum absolute atomic E-state index is 4.41. The van der Waals surface area contributed by atoms with Crippen LogP contribution >= 0.6 is 0 Å². The van der Waals surface area contributed by atoms with E-state index < -0.39 is 0 Å². The van der Waals surface area contributed by atoms with E-state index >= 15 is 0 Å². The molecule has 2 aromatic rings. The molecule has 1 N–H and O–H groups in total. The van der Waals surface area contributed by atoms with Gasteiger partial charge in [0.1, 0.15) is 0 Å². The van der Waals surface area contributed by atoms with E-state index in [-0.39, 0.29) is 0 Å². The van der Waals surface area contributed by atoms with Gasteiger partial charge in [-0.25, -0.2) is 0 Å². The Morgan fingerprint density at radius 3 is 2.32 bits per heavy atom. The van der Waals surface area contributed by atoms with E-state index in [1.165, 1.54) is 11.1 Å². The molecule has 0 saturated heterocycles. The first-order chi connectivity index (χ1) is 9.19. The van der Waals surface area contributed by atoms with Crippen molar-refractivity contribution in [2.24, 2.45) is 0 Å². The Labute approximate surface area is 115 Å². The average Bonchev–Trinajstić information content (AvgIpc) is 2.46. The average molecular weight is 254 g/mol. The Balaban J connectivity index is 1.94. The van der Waals surface area contributed by atoms with Crippen molar-refractivity contribution >= 4 is 5.69 Å². The SMILES string of the molecule is CCc1ccc(CNc2ccc(C(C)C)cc2)cn1. The van der Waals surface area contributed by atoms with Crippen molar-refractivity contribution in [3.63, 3.8) is 0 Å². The van der Waals surface area contributed by atoms with Crippen molar-refractivity contribution in [2.75, 3.05) is 5.32 Å². The van der Waals surface area contributed by atoms with E-state index in [1.54, 1.807) is 0 Å². The van der Waals surface area contributed by atoms with Gasteiger partial charge in [0.15, 0.2) is 0 Å². The molecule has 0 aliphatic heterocycles. The number of pyridine rings is 1. The Morgan fingerprint density at radius 2 is 1.79 bits per heavy atom. The van der Waals surface area contributed by atoms with E-state index in [4.69, 9.17) is 0 Å². The van der Waals surface area contributed by atoms with Gasteiger partial charge in [-0.1, -0.05) is 39.0 Å². The molecule has 0 atom stereocenters. The molecule has 0 amide bonds. The number of hydrogen-bond acceptors (Lipinski definition) is 2. The summed E-state index contributed by atoms with van der Waals surface area (Å²) in [6.45, 7) is 7.36. The molecule has 19 heavy (non-hydrogen) atoms. The van der Waals surface area contributed by atoms with E-state index in [2.05, 4.69) is 67.5 Å². The summed E-state index contributed by atoms with van der Waals surface area (Å²) in [4.78, 5) is 4.41. The van der Waals surface area contributed by atoms with Crippen LogP contribution in [0, 0.1) is 0 Å².